The largest absolute Gasteiger partial charge is 0.346 e. The first-order chi connectivity index (χ1) is 5.88. The van der Waals surface area contributed by atoms with Gasteiger partial charge in [-0.1, -0.05) is 20.3 Å². The molecular formula is C9H13N3. The number of aromatic amines is 1. The van der Waals surface area contributed by atoms with E-state index in [2.05, 4.69) is 28.8 Å². The van der Waals surface area contributed by atoms with Crippen LogP contribution in [-0.4, -0.2) is 15.0 Å². The van der Waals surface area contributed by atoms with Gasteiger partial charge in [0.2, 0.25) is 0 Å². The van der Waals surface area contributed by atoms with E-state index in [-0.39, 0.29) is 0 Å². The number of nitrogens with one attached hydrogen (secondary N) is 1. The Morgan fingerprint density at radius 1 is 1.42 bits per heavy atom. The maximum atomic E-state index is 3.97. The van der Waals surface area contributed by atoms with Crippen LogP contribution < -0.4 is 0 Å². The van der Waals surface area contributed by atoms with Gasteiger partial charge in [0, 0.05) is 17.8 Å². The monoisotopic (exact) mass is 163 g/mol. The average Bonchev–Trinajstić information content (AvgIpc) is 2.52. The van der Waals surface area contributed by atoms with E-state index in [1.54, 1.807) is 6.20 Å². The molecule has 0 radical (unpaired) electrons. The van der Waals surface area contributed by atoms with E-state index >= 15 is 0 Å². The quantitative estimate of drug-likeness (QED) is 0.647. The molecule has 64 valence electrons. The minimum Gasteiger partial charge on any atom is -0.346 e. The SMILES string of the molecule is CCC.c1ncc2cc[nH]c2n1. The summed E-state index contributed by atoms with van der Waals surface area (Å²) in [5.74, 6) is 0. The third-order valence-electron chi connectivity index (χ3n) is 1.22. The van der Waals surface area contributed by atoms with Crippen LogP contribution in [0.25, 0.3) is 11.0 Å². The van der Waals surface area contributed by atoms with Crippen LogP contribution in [0.15, 0.2) is 24.8 Å². The summed E-state index contributed by atoms with van der Waals surface area (Å²) in [4.78, 5) is 10.8. The number of fused-ring (bicyclic) bond motifs is 1. The van der Waals surface area contributed by atoms with Crippen molar-refractivity contribution in [2.24, 2.45) is 0 Å². The standard InChI is InChI=1S/C6H5N3.C3H8/c1-2-8-6-5(1)3-7-4-9-6;1-3-2/h1-4H,(H,7,8,9);3H2,1-2H3. The Morgan fingerprint density at radius 3 is 2.83 bits per heavy atom. The molecule has 3 nitrogen and oxygen atoms in total. The van der Waals surface area contributed by atoms with Crippen LogP contribution in [0.5, 0.6) is 0 Å². The average molecular weight is 163 g/mol. The van der Waals surface area contributed by atoms with Gasteiger partial charge in [-0.3, -0.25) is 0 Å². The Labute approximate surface area is 71.9 Å². The molecule has 0 unspecified atom stereocenters. The Kier molecular flexibility index (Phi) is 3.26. The van der Waals surface area contributed by atoms with Crippen molar-refractivity contribution >= 4 is 11.0 Å². The second kappa shape index (κ2) is 4.49. The summed E-state index contributed by atoms with van der Waals surface area (Å²) in [7, 11) is 0. The summed E-state index contributed by atoms with van der Waals surface area (Å²) >= 11 is 0. The first kappa shape index (κ1) is 8.71. The van der Waals surface area contributed by atoms with Crippen molar-refractivity contribution in [2.75, 3.05) is 0 Å². The van der Waals surface area contributed by atoms with Gasteiger partial charge in [0.25, 0.3) is 0 Å². The Balaban J connectivity index is 0.000000213. The van der Waals surface area contributed by atoms with Gasteiger partial charge in [0.1, 0.15) is 12.0 Å². The molecule has 2 aromatic heterocycles. The molecule has 2 rings (SSSR count). The molecule has 0 aromatic carbocycles. The molecule has 0 amide bonds. The molecule has 12 heavy (non-hydrogen) atoms. The number of rotatable bonds is 0. The van der Waals surface area contributed by atoms with E-state index in [1.165, 1.54) is 12.7 Å². The number of hydrogen-bond acceptors (Lipinski definition) is 2. The van der Waals surface area contributed by atoms with Crippen LogP contribution in [0.3, 0.4) is 0 Å². The highest BCUT2D eigenvalue weighted by molar-refractivity contribution is 5.73. The zero-order valence-electron chi connectivity index (χ0n) is 7.41. The summed E-state index contributed by atoms with van der Waals surface area (Å²) in [6, 6.07) is 1.94. The van der Waals surface area contributed by atoms with Gasteiger partial charge in [-0.2, -0.15) is 0 Å². The molecule has 0 aliphatic rings. The van der Waals surface area contributed by atoms with E-state index < -0.39 is 0 Å². The van der Waals surface area contributed by atoms with E-state index in [4.69, 9.17) is 0 Å². The molecule has 2 heterocycles. The van der Waals surface area contributed by atoms with E-state index in [1.807, 2.05) is 12.3 Å². The van der Waals surface area contributed by atoms with Crippen LogP contribution in [0.2, 0.25) is 0 Å². The molecule has 0 aliphatic heterocycles. The van der Waals surface area contributed by atoms with Crippen molar-refractivity contribution < 1.29 is 0 Å². The molecule has 0 atom stereocenters. The second-order valence-electron chi connectivity index (χ2n) is 2.51. The number of H-pyrrole nitrogens is 1. The minimum atomic E-state index is 0.894. The fraction of sp³-hybridized carbons (Fsp3) is 0.333. The van der Waals surface area contributed by atoms with Crippen LogP contribution in [0.4, 0.5) is 0 Å². The minimum absolute atomic E-state index is 0.894. The summed E-state index contributed by atoms with van der Waals surface area (Å²) in [5, 5.41) is 1.05. The molecule has 0 saturated carbocycles. The Morgan fingerprint density at radius 2 is 2.17 bits per heavy atom. The van der Waals surface area contributed by atoms with Crippen molar-refractivity contribution in [2.45, 2.75) is 20.3 Å². The molecule has 0 spiro atoms. The van der Waals surface area contributed by atoms with Gasteiger partial charge in [0.15, 0.2) is 0 Å². The molecule has 0 aliphatic carbocycles. The summed E-state index contributed by atoms with van der Waals surface area (Å²) in [6.07, 6.45) is 6.40. The summed E-state index contributed by atoms with van der Waals surface area (Å²) in [6.45, 7) is 4.25. The number of nitrogens with zero attached hydrogens (tertiary/aromatic N) is 2. The van der Waals surface area contributed by atoms with Crippen molar-refractivity contribution in [1.82, 2.24) is 15.0 Å². The molecule has 0 bridgehead atoms. The van der Waals surface area contributed by atoms with E-state index in [0.717, 1.165) is 11.0 Å². The number of hydrogen-bond donors (Lipinski definition) is 1. The third kappa shape index (κ3) is 2.05. The lowest BCUT2D eigenvalue weighted by Gasteiger charge is -1.81. The van der Waals surface area contributed by atoms with Gasteiger partial charge in [-0.15, -0.1) is 0 Å². The molecule has 2 aromatic rings. The highest BCUT2D eigenvalue weighted by Gasteiger charge is 1.89. The van der Waals surface area contributed by atoms with Crippen molar-refractivity contribution in [1.29, 1.82) is 0 Å². The zero-order valence-corrected chi connectivity index (χ0v) is 7.41. The smallest absolute Gasteiger partial charge is 0.140 e. The predicted octanol–water partition coefficient (Wildman–Crippen LogP) is 2.37. The Hall–Kier alpha value is -1.38. The lowest BCUT2D eigenvalue weighted by atomic mass is 10.4. The first-order valence-corrected chi connectivity index (χ1v) is 4.11. The van der Waals surface area contributed by atoms with Crippen LogP contribution in [-0.2, 0) is 0 Å². The maximum absolute atomic E-state index is 3.97. The van der Waals surface area contributed by atoms with E-state index in [9.17, 15) is 0 Å². The van der Waals surface area contributed by atoms with Crippen LogP contribution in [0, 0.1) is 0 Å². The molecule has 0 saturated heterocycles. The van der Waals surface area contributed by atoms with Crippen molar-refractivity contribution in [3.8, 4) is 0 Å². The number of aromatic nitrogens is 3. The Bertz CT molecular complexity index is 297. The summed E-state index contributed by atoms with van der Waals surface area (Å²) in [5.41, 5.74) is 0.894. The molecule has 3 heteroatoms. The highest BCUT2D eigenvalue weighted by Crippen LogP contribution is 2.03. The van der Waals surface area contributed by atoms with Crippen molar-refractivity contribution in [3.63, 3.8) is 0 Å². The first-order valence-electron chi connectivity index (χ1n) is 4.11. The normalized spacial score (nSPS) is 9.17. The highest BCUT2D eigenvalue weighted by atomic mass is 14.9. The maximum Gasteiger partial charge on any atom is 0.140 e. The zero-order chi connectivity index (χ0) is 8.81. The van der Waals surface area contributed by atoms with Gasteiger partial charge in [0.05, 0.1) is 0 Å². The lowest BCUT2D eigenvalue weighted by molar-refractivity contribution is 1.09. The van der Waals surface area contributed by atoms with Gasteiger partial charge in [-0.05, 0) is 6.07 Å². The van der Waals surface area contributed by atoms with Gasteiger partial charge >= 0.3 is 0 Å². The summed E-state index contributed by atoms with van der Waals surface area (Å²) < 4.78 is 0. The lowest BCUT2D eigenvalue weighted by Crippen LogP contribution is -1.75. The van der Waals surface area contributed by atoms with Crippen LogP contribution in [0.1, 0.15) is 20.3 Å². The molecule has 1 N–H and O–H groups in total. The third-order valence-corrected chi connectivity index (χ3v) is 1.22. The van der Waals surface area contributed by atoms with Gasteiger partial charge < -0.3 is 4.98 Å². The molecular weight excluding hydrogens is 150 g/mol. The van der Waals surface area contributed by atoms with Crippen LogP contribution >= 0.6 is 0 Å². The van der Waals surface area contributed by atoms with Crippen molar-refractivity contribution in [3.05, 3.63) is 24.8 Å². The van der Waals surface area contributed by atoms with E-state index in [0.29, 0.717) is 0 Å². The second-order valence-corrected chi connectivity index (χ2v) is 2.51. The fourth-order valence-electron chi connectivity index (χ4n) is 0.793. The predicted molar refractivity (Wildman–Crippen MR) is 49.9 cm³/mol. The topological polar surface area (TPSA) is 41.6 Å². The molecule has 0 fully saturated rings. The fourth-order valence-corrected chi connectivity index (χ4v) is 0.793. The van der Waals surface area contributed by atoms with Gasteiger partial charge in [-0.25, -0.2) is 9.97 Å².